The number of carbonyl (C=O) groups is 2. The molecular formula is C24H25N3O2S. The van der Waals surface area contributed by atoms with Gasteiger partial charge in [0.2, 0.25) is 0 Å². The Labute approximate surface area is 181 Å². The fourth-order valence-electron chi connectivity index (χ4n) is 4.01. The SMILES string of the molecule is CSc1ccccc1C(=O)[C@@H]1CCCN(C(=O)c2cccc(Cn3cccn3)c2)C1. The first kappa shape index (κ1) is 20.4. The average molecular weight is 420 g/mol. The number of amides is 1. The van der Waals surface area contributed by atoms with Crippen molar-refractivity contribution in [3.8, 4) is 0 Å². The van der Waals surface area contributed by atoms with E-state index < -0.39 is 0 Å². The Hall–Kier alpha value is -2.86. The second-order valence-electron chi connectivity index (χ2n) is 7.56. The molecule has 2 aromatic carbocycles. The number of Topliss-reactive ketones (excluding diaryl/α,β-unsaturated/α-hetero) is 1. The summed E-state index contributed by atoms with van der Waals surface area (Å²) in [5.74, 6) is -0.0129. The summed E-state index contributed by atoms with van der Waals surface area (Å²) in [6.07, 6.45) is 7.30. The van der Waals surface area contributed by atoms with Crippen LogP contribution in [0.4, 0.5) is 0 Å². The molecule has 0 bridgehead atoms. The van der Waals surface area contributed by atoms with Crippen LogP contribution in [0.1, 0.15) is 39.1 Å². The highest BCUT2D eigenvalue weighted by atomic mass is 32.2. The van der Waals surface area contributed by atoms with Crippen molar-refractivity contribution in [1.82, 2.24) is 14.7 Å². The van der Waals surface area contributed by atoms with Crippen molar-refractivity contribution in [3.05, 3.63) is 83.7 Å². The van der Waals surface area contributed by atoms with Crippen LogP contribution in [0.2, 0.25) is 0 Å². The van der Waals surface area contributed by atoms with Crippen LogP contribution in [0, 0.1) is 5.92 Å². The Kier molecular flexibility index (Phi) is 6.33. The van der Waals surface area contributed by atoms with E-state index in [0.29, 0.717) is 25.2 Å². The lowest BCUT2D eigenvalue weighted by atomic mass is 9.89. The molecule has 1 aromatic heterocycles. The molecule has 6 heteroatoms. The first-order chi connectivity index (χ1) is 14.7. The summed E-state index contributed by atoms with van der Waals surface area (Å²) in [5, 5.41) is 4.23. The van der Waals surface area contributed by atoms with Gasteiger partial charge < -0.3 is 4.90 Å². The lowest BCUT2D eigenvalue weighted by Gasteiger charge is -2.32. The Morgan fingerprint density at radius 3 is 2.80 bits per heavy atom. The molecule has 1 atom stereocenters. The van der Waals surface area contributed by atoms with Crippen LogP contribution >= 0.6 is 11.8 Å². The number of rotatable bonds is 6. The molecule has 1 aliphatic heterocycles. The van der Waals surface area contributed by atoms with Gasteiger partial charge in [-0.3, -0.25) is 14.3 Å². The molecule has 0 unspecified atom stereocenters. The molecule has 30 heavy (non-hydrogen) atoms. The summed E-state index contributed by atoms with van der Waals surface area (Å²) >= 11 is 1.59. The van der Waals surface area contributed by atoms with Gasteiger partial charge in [-0.05, 0) is 48.9 Å². The number of hydrogen-bond acceptors (Lipinski definition) is 4. The van der Waals surface area contributed by atoms with Crippen LogP contribution in [0.5, 0.6) is 0 Å². The highest BCUT2D eigenvalue weighted by Crippen LogP contribution is 2.27. The quantitative estimate of drug-likeness (QED) is 0.439. The van der Waals surface area contributed by atoms with Crippen LogP contribution in [0.25, 0.3) is 0 Å². The molecule has 5 nitrogen and oxygen atoms in total. The topological polar surface area (TPSA) is 55.2 Å². The van der Waals surface area contributed by atoms with Crippen molar-refractivity contribution in [3.63, 3.8) is 0 Å². The Morgan fingerprint density at radius 1 is 1.13 bits per heavy atom. The molecule has 1 aliphatic rings. The zero-order chi connectivity index (χ0) is 20.9. The molecule has 0 radical (unpaired) electrons. The fraction of sp³-hybridized carbons (Fsp3) is 0.292. The lowest BCUT2D eigenvalue weighted by Crippen LogP contribution is -2.42. The molecule has 4 rings (SSSR count). The summed E-state index contributed by atoms with van der Waals surface area (Å²) in [6, 6.07) is 17.3. The normalized spacial score (nSPS) is 16.4. The Balaban J connectivity index is 1.48. The van der Waals surface area contributed by atoms with E-state index in [-0.39, 0.29) is 17.6 Å². The van der Waals surface area contributed by atoms with Crippen molar-refractivity contribution in [1.29, 1.82) is 0 Å². The Morgan fingerprint density at radius 2 is 2.00 bits per heavy atom. The highest BCUT2D eigenvalue weighted by Gasteiger charge is 2.30. The van der Waals surface area contributed by atoms with Crippen LogP contribution in [0.3, 0.4) is 0 Å². The standard InChI is InChI=1S/C24H25N3O2S/c1-30-22-11-3-2-10-21(22)23(28)20-9-5-13-26(17-20)24(29)19-8-4-7-18(15-19)16-27-14-6-12-25-27/h2-4,6-8,10-12,14-15,20H,5,9,13,16-17H2,1H3/t20-/m1/s1. The Bertz CT molecular complexity index is 1030. The van der Waals surface area contributed by atoms with Gasteiger partial charge in [-0.15, -0.1) is 11.8 Å². The molecule has 0 saturated carbocycles. The van der Waals surface area contributed by atoms with E-state index in [2.05, 4.69) is 5.10 Å². The molecule has 1 saturated heterocycles. The van der Waals surface area contributed by atoms with Gasteiger partial charge in [0.15, 0.2) is 5.78 Å². The smallest absolute Gasteiger partial charge is 0.253 e. The molecular weight excluding hydrogens is 394 g/mol. The highest BCUT2D eigenvalue weighted by molar-refractivity contribution is 7.98. The minimum Gasteiger partial charge on any atom is -0.338 e. The third-order valence-corrected chi connectivity index (χ3v) is 6.33. The van der Waals surface area contributed by atoms with E-state index in [9.17, 15) is 9.59 Å². The van der Waals surface area contributed by atoms with E-state index in [4.69, 9.17) is 0 Å². The minimum absolute atomic E-state index is 0.00651. The first-order valence-corrected chi connectivity index (χ1v) is 11.4. The van der Waals surface area contributed by atoms with Gasteiger partial charge in [0, 0.05) is 47.4 Å². The number of carbonyl (C=O) groups excluding carboxylic acids is 2. The zero-order valence-electron chi connectivity index (χ0n) is 17.0. The number of aromatic nitrogens is 2. The summed E-state index contributed by atoms with van der Waals surface area (Å²) in [4.78, 5) is 29.2. The lowest BCUT2D eigenvalue weighted by molar-refractivity contribution is 0.0636. The van der Waals surface area contributed by atoms with Gasteiger partial charge in [0.05, 0.1) is 6.54 Å². The number of benzene rings is 2. The zero-order valence-corrected chi connectivity index (χ0v) is 17.8. The third kappa shape index (κ3) is 4.49. The van der Waals surface area contributed by atoms with Crippen molar-refractivity contribution in [2.24, 2.45) is 5.92 Å². The van der Waals surface area contributed by atoms with Crippen LogP contribution in [-0.2, 0) is 6.54 Å². The number of likely N-dealkylation sites (tertiary alicyclic amines) is 1. The maximum atomic E-state index is 13.2. The van der Waals surface area contributed by atoms with Crippen molar-refractivity contribution in [2.45, 2.75) is 24.3 Å². The molecule has 3 aromatic rings. The van der Waals surface area contributed by atoms with Crippen molar-refractivity contribution < 1.29 is 9.59 Å². The molecule has 0 aliphatic carbocycles. The predicted octanol–water partition coefficient (Wildman–Crippen LogP) is 4.39. The number of piperidine rings is 1. The van der Waals surface area contributed by atoms with Crippen molar-refractivity contribution >= 4 is 23.5 Å². The summed E-state index contributed by atoms with van der Waals surface area (Å²) in [7, 11) is 0. The first-order valence-electron chi connectivity index (χ1n) is 10.2. The number of nitrogens with zero attached hydrogens (tertiary/aromatic N) is 3. The molecule has 154 valence electrons. The number of ketones is 1. The van der Waals surface area contributed by atoms with E-state index in [1.165, 1.54) is 0 Å². The van der Waals surface area contributed by atoms with Crippen LogP contribution in [0.15, 0.2) is 71.9 Å². The summed E-state index contributed by atoms with van der Waals surface area (Å²) < 4.78 is 1.84. The van der Waals surface area contributed by atoms with E-state index in [0.717, 1.165) is 28.9 Å². The maximum absolute atomic E-state index is 13.2. The van der Waals surface area contributed by atoms with Crippen molar-refractivity contribution in [2.75, 3.05) is 19.3 Å². The average Bonchev–Trinajstić information content (AvgIpc) is 3.31. The molecule has 0 N–H and O–H groups in total. The van der Waals surface area contributed by atoms with E-state index in [1.54, 1.807) is 18.0 Å². The third-order valence-electron chi connectivity index (χ3n) is 5.53. The van der Waals surface area contributed by atoms with Crippen LogP contribution < -0.4 is 0 Å². The molecule has 2 heterocycles. The largest absolute Gasteiger partial charge is 0.338 e. The maximum Gasteiger partial charge on any atom is 0.253 e. The van der Waals surface area contributed by atoms with Gasteiger partial charge in [-0.1, -0.05) is 30.3 Å². The van der Waals surface area contributed by atoms with Gasteiger partial charge in [-0.25, -0.2) is 0 Å². The number of thioether (sulfide) groups is 1. The van der Waals surface area contributed by atoms with Gasteiger partial charge in [0.1, 0.15) is 0 Å². The number of hydrogen-bond donors (Lipinski definition) is 0. The summed E-state index contributed by atoms with van der Waals surface area (Å²) in [5.41, 5.74) is 2.46. The monoisotopic (exact) mass is 419 g/mol. The molecule has 0 spiro atoms. The van der Waals surface area contributed by atoms with Gasteiger partial charge >= 0.3 is 0 Å². The summed E-state index contributed by atoms with van der Waals surface area (Å²) in [6.45, 7) is 1.79. The second kappa shape index (κ2) is 9.30. The van der Waals surface area contributed by atoms with Gasteiger partial charge in [-0.2, -0.15) is 5.10 Å². The molecule has 1 amide bonds. The molecule has 1 fully saturated rings. The minimum atomic E-state index is -0.150. The fourth-order valence-corrected chi connectivity index (χ4v) is 4.61. The van der Waals surface area contributed by atoms with Gasteiger partial charge in [0.25, 0.3) is 5.91 Å². The van der Waals surface area contributed by atoms with E-state index in [1.807, 2.05) is 76.6 Å². The second-order valence-corrected chi connectivity index (χ2v) is 8.41. The predicted molar refractivity (Wildman–Crippen MR) is 119 cm³/mol. The van der Waals surface area contributed by atoms with Crippen LogP contribution in [-0.4, -0.2) is 45.7 Å². The van der Waals surface area contributed by atoms with E-state index >= 15 is 0 Å².